The molecule has 0 aliphatic heterocycles. The summed E-state index contributed by atoms with van der Waals surface area (Å²) in [5.41, 5.74) is -0.107. The van der Waals surface area contributed by atoms with Gasteiger partial charge in [0.05, 0.1) is 6.54 Å². The van der Waals surface area contributed by atoms with E-state index in [9.17, 15) is 9.59 Å². The highest BCUT2D eigenvalue weighted by Gasteiger charge is 2.06. The summed E-state index contributed by atoms with van der Waals surface area (Å²) < 4.78 is 3.44. The van der Waals surface area contributed by atoms with Gasteiger partial charge in [-0.25, -0.2) is 9.78 Å². The zero-order valence-electron chi connectivity index (χ0n) is 10.5. The molecule has 2 aromatic rings. The van der Waals surface area contributed by atoms with Crippen molar-refractivity contribution in [1.82, 2.24) is 19.1 Å². The number of H-pyrrole nitrogens is 1. The molecule has 0 bridgehead atoms. The van der Waals surface area contributed by atoms with E-state index in [0.29, 0.717) is 18.5 Å². The molecule has 0 atom stereocenters. The van der Waals surface area contributed by atoms with Crippen LogP contribution >= 0.6 is 0 Å². The summed E-state index contributed by atoms with van der Waals surface area (Å²) in [5, 5.41) is 0. The quantitative estimate of drug-likeness (QED) is 0.849. The SMILES string of the molecule is CCc1cn(Cc2nccn2CC)c(=O)[nH]c1=O. The number of nitrogens with one attached hydrogen (secondary N) is 1. The summed E-state index contributed by atoms with van der Waals surface area (Å²) in [5.74, 6) is 0.800. The van der Waals surface area contributed by atoms with Gasteiger partial charge in [-0.05, 0) is 13.3 Å². The minimum atomic E-state index is -0.400. The number of aryl methyl sites for hydroxylation is 2. The molecule has 2 rings (SSSR count). The molecule has 2 heterocycles. The summed E-state index contributed by atoms with van der Waals surface area (Å²) in [7, 11) is 0. The molecule has 0 aliphatic rings. The van der Waals surface area contributed by atoms with Crippen LogP contribution in [0.1, 0.15) is 25.2 Å². The van der Waals surface area contributed by atoms with Gasteiger partial charge in [-0.1, -0.05) is 6.92 Å². The van der Waals surface area contributed by atoms with Gasteiger partial charge in [0.1, 0.15) is 5.82 Å². The van der Waals surface area contributed by atoms with E-state index < -0.39 is 5.69 Å². The molecule has 1 N–H and O–H groups in total. The molecule has 0 fully saturated rings. The molecule has 0 radical (unpaired) electrons. The molecule has 0 spiro atoms. The molecule has 0 aliphatic carbocycles. The van der Waals surface area contributed by atoms with Crippen LogP contribution in [0.4, 0.5) is 0 Å². The lowest BCUT2D eigenvalue weighted by molar-refractivity contribution is 0.622. The van der Waals surface area contributed by atoms with E-state index in [0.717, 1.165) is 12.4 Å². The summed E-state index contributed by atoms with van der Waals surface area (Å²) in [4.78, 5) is 29.7. The number of hydrogen-bond donors (Lipinski definition) is 1. The van der Waals surface area contributed by atoms with Crippen molar-refractivity contribution < 1.29 is 0 Å². The van der Waals surface area contributed by atoms with Crippen LogP contribution in [0.5, 0.6) is 0 Å². The van der Waals surface area contributed by atoms with Gasteiger partial charge in [0.15, 0.2) is 0 Å². The molecule has 0 saturated heterocycles. The number of aromatic nitrogens is 4. The number of imidazole rings is 1. The van der Waals surface area contributed by atoms with E-state index in [1.807, 2.05) is 24.6 Å². The van der Waals surface area contributed by atoms with Crippen molar-refractivity contribution in [2.45, 2.75) is 33.4 Å². The zero-order chi connectivity index (χ0) is 13.1. The van der Waals surface area contributed by atoms with Crippen molar-refractivity contribution in [3.8, 4) is 0 Å². The second-order valence-corrected chi connectivity index (χ2v) is 4.02. The second-order valence-electron chi connectivity index (χ2n) is 4.02. The fraction of sp³-hybridized carbons (Fsp3) is 0.417. The Labute approximate surface area is 104 Å². The molecule has 2 aromatic heterocycles. The minimum Gasteiger partial charge on any atom is -0.334 e. The molecular weight excluding hydrogens is 232 g/mol. The van der Waals surface area contributed by atoms with E-state index in [1.54, 1.807) is 12.4 Å². The van der Waals surface area contributed by atoms with E-state index in [1.165, 1.54) is 4.57 Å². The van der Waals surface area contributed by atoms with Crippen LogP contribution in [0.2, 0.25) is 0 Å². The van der Waals surface area contributed by atoms with Gasteiger partial charge in [0.2, 0.25) is 0 Å². The van der Waals surface area contributed by atoms with Crippen LogP contribution < -0.4 is 11.2 Å². The Hall–Kier alpha value is -2.11. The number of aromatic amines is 1. The number of nitrogens with zero attached hydrogens (tertiary/aromatic N) is 3. The van der Waals surface area contributed by atoms with Crippen molar-refractivity contribution >= 4 is 0 Å². The van der Waals surface area contributed by atoms with Crippen LogP contribution in [0, 0.1) is 0 Å². The molecule has 0 amide bonds. The summed E-state index contributed by atoms with van der Waals surface area (Å²) >= 11 is 0. The van der Waals surface area contributed by atoms with E-state index >= 15 is 0 Å². The van der Waals surface area contributed by atoms with E-state index in [4.69, 9.17) is 0 Å². The van der Waals surface area contributed by atoms with Gasteiger partial charge in [-0.3, -0.25) is 14.3 Å². The van der Waals surface area contributed by atoms with Crippen molar-refractivity contribution in [3.63, 3.8) is 0 Å². The zero-order valence-corrected chi connectivity index (χ0v) is 10.5. The third-order valence-electron chi connectivity index (χ3n) is 2.92. The Morgan fingerprint density at radius 3 is 2.72 bits per heavy atom. The first kappa shape index (κ1) is 12.3. The smallest absolute Gasteiger partial charge is 0.328 e. The van der Waals surface area contributed by atoms with Crippen LogP contribution in [0.25, 0.3) is 0 Å². The molecule has 96 valence electrons. The molecule has 18 heavy (non-hydrogen) atoms. The van der Waals surface area contributed by atoms with Crippen LogP contribution in [-0.4, -0.2) is 19.1 Å². The van der Waals surface area contributed by atoms with Crippen LogP contribution in [0.3, 0.4) is 0 Å². The third kappa shape index (κ3) is 2.27. The lowest BCUT2D eigenvalue weighted by atomic mass is 10.2. The average Bonchev–Trinajstić information content (AvgIpc) is 2.79. The number of rotatable bonds is 4. The molecule has 6 nitrogen and oxygen atoms in total. The Kier molecular flexibility index (Phi) is 3.45. The highest BCUT2D eigenvalue weighted by molar-refractivity contribution is 5.05. The molecule has 6 heteroatoms. The Balaban J connectivity index is 2.40. The lowest BCUT2D eigenvalue weighted by Gasteiger charge is -2.08. The Bertz CT molecular complexity index is 651. The monoisotopic (exact) mass is 248 g/mol. The largest absolute Gasteiger partial charge is 0.334 e. The highest BCUT2D eigenvalue weighted by Crippen LogP contribution is 2.00. The molecule has 0 unspecified atom stereocenters. The normalized spacial score (nSPS) is 10.8. The van der Waals surface area contributed by atoms with Gasteiger partial charge in [-0.2, -0.15) is 0 Å². The minimum absolute atomic E-state index is 0.308. The van der Waals surface area contributed by atoms with Gasteiger partial charge < -0.3 is 4.57 Å². The third-order valence-corrected chi connectivity index (χ3v) is 2.92. The standard InChI is InChI=1S/C12H16N4O2/c1-3-9-7-16(12(18)14-11(9)17)8-10-13-5-6-15(10)4-2/h5-7H,3-4,8H2,1-2H3,(H,14,17,18). The van der Waals surface area contributed by atoms with Crippen LogP contribution in [0.15, 0.2) is 28.2 Å². The predicted molar refractivity (Wildman–Crippen MR) is 67.7 cm³/mol. The maximum Gasteiger partial charge on any atom is 0.328 e. The molecule has 0 aromatic carbocycles. The maximum atomic E-state index is 11.7. The summed E-state index contributed by atoms with van der Waals surface area (Å²) in [6, 6.07) is 0. The van der Waals surface area contributed by atoms with Crippen molar-refractivity contribution in [2.75, 3.05) is 0 Å². The van der Waals surface area contributed by atoms with Crippen molar-refractivity contribution in [3.05, 3.63) is 50.8 Å². The van der Waals surface area contributed by atoms with Gasteiger partial charge >= 0.3 is 5.69 Å². The maximum absolute atomic E-state index is 11.7. The van der Waals surface area contributed by atoms with Crippen molar-refractivity contribution in [2.24, 2.45) is 0 Å². The highest BCUT2D eigenvalue weighted by atomic mass is 16.2. The van der Waals surface area contributed by atoms with Crippen molar-refractivity contribution in [1.29, 1.82) is 0 Å². The fourth-order valence-corrected chi connectivity index (χ4v) is 1.86. The average molecular weight is 248 g/mol. The predicted octanol–water partition coefficient (Wildman–Crippen LogP) is 0.364. The Morgan fingerprint density at radius 2 is 2.06 bits per heavy atom. The van der Waals surface area contributed by atoms with Gasteiger partial charge in [0, 0.05) is 30.7 Å². The summed E-state index contributed by atoms with van der Waals surface area (Å²) in [6.07, 6.45) is 5.77. The fourth-order valence-electron chi connectivity index (χ4n) is 1.86. The Morgan fingerprint density at radius 1 is 1.28 bits per heavy atom. The van der Waals surface area contributed by atoms with Gasteiger partial charge in [-0.15, -0.1) is 0 Å². The molecular formula is C12H16N4O2. The molecule has 0 saturated carbocycles. The first-order valence-corrected chi connectivity index (χ1v) is 5.98. The summed E-state index contributed by atoms with van der Waals surface area (Å²) in [6.45, 7) is 5.06. The second kappa shape index (κ2) is 5.03. The van der Waals surface area contributed by atoms with Gasteiger partial charge in [0.25, 0.3) is 5.56 Å². The topological polar surface area (TPSA) is 72.7 Å². The number of hydrogen-bond acceptors (Lipinski definition) is 3. The first-order valence-electron chi connectivity index (χ1n) is 5.98. The van der Waals surface area contributed by atoms with E-state index in [-0.39, 0.29) is 5.56 Å². The van der Waals surface area contributed by atoms with Crippen LogP contribution in [-0.2, 0) is 19.5 Å². The lowest BCUT2D eigenvalue weighted by Crippen LogP contribution is -2.32. The van der Waals surface area contributed by atoms with E-state index in [2.05, 4.69) is 9.97 Å². The first-order chi connectivity index (χ1) is 8.65.